The average Bonchev–Trinajstić information content (AvgIpc) is 2.74. The minimum atomic E-state index is -3.73. The maximum absolute atomic E-state index is 14.2. The molecule has 0 aliphatic carbocycles. The zero-order chi connectivity index (χ0) is 21.5. The molecule has 1 radical (unpaired) electrons. The van der Waals surface area contributed by atoms with Crippen molar-refractivity contribution in [3.05, 3.63) is 90.5 Å². The third-order valence-electron chi connectivity index (χ3n) is 4.42. The molecule has 0 atom stereocenters. The lowest BCUT2D eigenvalue weighted by atomic mass is 10.0. The molecule has 0 amide bonds. The summed E-state index contributed by atoms with van der Waals surface area (Å²) < 4.78 is 61.0. The van der Waals surface area contributed by atoms with Crippen LogP contribution >= 0.6 is 0 Å². The molecule has 0 fully saturated rings. The molecule has 3 aromatic carbocycles. The second-order valence-electron chi connectivity index (χ2n) is 6.80. The molecule has 0 aliphatic rings. The Balaban J connectivity index is 1.54. The Morgan fingerprint density at radius 2 is 1.70 bits per heavy atom. The Hall–Kier alpha value is -2.93. The molecule has 7 heteroatoms. The molecule has 0 saturated heterocycles. The lowest BCUT2D eigenvalue weighted by molar-refractivity contribution is -0.0260. The largest absolute Gasteiger partial charge is 0.493 e. The van der Waals surface area contributed by atoms with Gasteiger partial charge in [-0.3, -0.25) is 4.72 Å². The van der Waals surface area contributed by atoms with Crippen LogP contribution < -0.4 is 9.46 Å². The number of halogens is 2. The van der Waals surface area contributed by atoms with Gasteiger partial charge in [0, 0.05) is 24.6 Å². The van der Waals surface area contributed by atoms with Crippen LogP contribution in [0.2, 0.25) is 0 Å². The third-order valence-corrected chi connectivity index (χ3v) is 5.82. The highest BCUT2D eigenvalue weighted by molar-refractivity contribution is 7.92. The zero-order valence-electron chi connectivity index (χ0n) is 16.2. The predicted molar refractivity (Wildman–Crippen MR) is 112 cm³/mol. The standard InChI is InChI=1S/C23H22F2NO3S/c24-23(25,16-17-29-21-10-3-1-4-11-21)15-14-19-8-7-9-20(18-19)26-30(27,28)22-12-5-2-6-13-22/h1-10,12-13,18,26H,14-17H2. The van der Waals surface area contributed by atoms with E-state index in [9.17, 15) is 17.2 Å². The number of hydrogen-bond acceptors (Lipinski definition) is 3. The van der Waals surface area contributed by atoms with Crippen molar-refractivity contribution in [1.82, 2.24) is 0 Å². The molecule has 30 heavy (non-hydrogen) atoms. The Kier molecular flexibility index (Phi) is 7.05. The summed E-state index contributed by atoms with van der Waals surface area (Å²) in [6, 6.07) is 24.2. The van der Waals surface area contributed by atoms with E-state index in [1.807, 2.05) is 0 Å². The number of hydrogen-bond donors (Lipinski definition) is 1. The third kappa shape index (κ3) is 6.56. The van der Waals surface area contributed by atoms with Gasteiger partial charge in [0.15, 0.2) is 0 Å². The number of rotatable bonds is 10. The second kappa shape index (κ2) is 9.71. The Morgan fingerprint density at radius 3 is 2.43 bits per heavy atom. The normalized spacial score (nSPS) is 11.8. The zero-order valence-corrected chi connectivity index (χ0v) is 17.0. The van der Waals surface area contributed by atoms with Crippen LogP contribution in [0.5, 0.6) is 5.75 Å². The summed E-state index contributed by atoms with van der Waals surface area (Å²) >= 11 is 0. The first-order valence-corrected chi connectivity index (χ1v) is 11.0. The van der Waals surface area contributed by atoms with E-state index in [2.05, 4.69) is 10.8 Å². The van der Waals surface area contributed by atoms with Gasteiger partial charge in [-0.25, -0.2) is 17.2 Å². The number of alkyl halides is 2. The van der Waals surface area contributed by atoms with Crippen molar-refractivity contribution < 1.29 is 21.9 Å². The minimum Gasteiger partial charge on any atom is -0.493 e. The maximum atomic E-state index is 14.2. The SMILES string of the molecule is O=S(=O)(Nc1cccc(CCC(F)(F)CCOc2[c]cccc2)c1)c1ccccc1. The van der Waals surface area contributed by atoms with Crippen LogP contribution in [0.1, 0.15) is 18.4 Å². The molecule has 0 bridgehead atoms. The average molecular weight is 430 g/mol. The van der Waals surface area contributed by atoms with Gasteiger partial charge in [-0.2, -0.15) is 0 Å². The van der Waals surface area contributed by atoms with Crippen molar-refractivity contribution in [3.8, 4) is 5.75 Å². The fraction of sp³-hybridized carbons (Fsp3) is 0.217. The Labute approximate surface area is 175 Å². The predicted octanol–water partition coefficient (Wildman–Crippen LogP) is 5.32. The Morgan fingerprint density at radius 1 is 0.933 bits per heavy atom. The number of nitrogens with one attached hydrogen (secondary N) is 1. The molecule has 0 spiro atoms. The highest BCUT2D eigenvalue weighted by Gasteiger charge is 2.28. The van der Waals surface area contributed by atoms with E-state index in [1.165, 1.54) is 12.1 Å². The van der Waals surface area contributed by atoms with Crippen molar-refractivity contribution in [1.29, 1.82) is 0 Å². The van der Waals surface area contributed by atoms with Crippen molar-refractivity contribution in [2.24, 2.45) is 0 Å². The number of aryl methyl sites for hydroxylation is 1. The minimum absolute atomic E-state index is 0.107. The van der Waals surface area contributed by atoms with E-state index < -0.39 is 22.4 Å². The van der Waals surface area contributed by atoms with Gasteiger partial charge >= 0.3 is 0 Å². The van der Waals surface area contributed by atoms with Gasteiger partial charge in [-0.1, -0.05) is 48.5 Å². The lowest BCUT2D eigenvalue weighted by Gasteiger charge is -2.17. The molecular formula is C23H22F2NO3S. The van der Waals surface area contributed by atoms with E-state index in [0.29, 0.717) is 17.0 Å². The molecule has 3 aromatic rings. The molecule has 0 saturated carbocycles. The molecule has 0 aromatic heterocycles. The van der Waals surface area contributed by atoms with Crippen LogP contribution in [0, 0.1) is 6.07 Å². The van der Waals surface area contributed by atoms with E-state index in [-0.39, 0.29) is 24.3 Å². The van der Waals surface area contributed by atoms with Crippen molar-refractivity contribution in [2.45, 2.75) is 30.1 Å². The number of benzene rings is 3. The number of anilines is 1. The summed E-state index contributed by atoms with van der Waals surface area (Å²) in [7, 11) is -3.73. The van der Waals surface area contributed by atoms with Gasteiger partial charge in [0.1, 0.15) is 5.75 Å². The van der Waals surface area contributed by atoms with Gasteiger partial charge in [0.2, 0.25) is 0 Å². The van der Waals surface area contributed by atoms with E-state index in [0.717, 1.165) is 0 Å². The summed E-state index contributed by atoms with van der Waals surface area (Å²) in [5.41, 5.74) is 0.961. The van der Waals surface area contributed by atoms with Gasteiger partial charge < -0.3 is 4.74 Å². The Bertz CT molecular complexity index is 1040. The summed E-state index contributed by atoms with van der Waals surface area (Å²) in [6.45, 7) is -0.107. The van der Waals surface area contributed by atoms with Crippen LogP contribution in [0.4, 0.5) is 14.5 Å². The van der Waals surface area contributed by atoms with Crippen molar-refractivity contribution >= 4 is 15.7 Å². The summed E-state index contributed by atoms with van der Waals surface area (Å²) in [6.07, 6.45) is -0.648. The fourth-order valence-electron chi connectivity index (χ4n) is 2.83. The van der Waals surface area contributed by atoms with Gasteiger partial charge in [-0.05, 0) is 42.3 Å². The fourth-order valence-corrected chi connectivity index (χ4v) is 3.90. The topological polar surface area (TPSA) is 55.4 Å². The molecule has 0 unspecified atom stereocenters. The molecule has 1 N–H and O–H groups in total. The molecular weight excluding hydrogens is 408 g/mol. The lowest BCUT2D eigenvalue weighted by Crippen LogP contribution is -2.20. The van der Waals surface area contributed by atoms with Gasteiger partial charge in [0.25, 0.3) is 15.9 Å². The van der Waals surface area contributed by atoms with Crippen molar-refractivity contribution in [2.75, 3.05) is 11.3 Å². The second-order valence-corrected chi connectivity index (χ2v) is 8.48. The van der Waals surface area contributed by atoms with E-state index in [4.69, 9.17) is 4.74 Å². The van der Waals surface area contributed by atoms with Crippen LogP contribution in [0.3, 0.4) is 0 Å². The summed E-state index contributed by atoms with van der Waals surface area (Å²) in [5.74, 6) is -2.46. The summed E-state index contributed by atoms with van der Waals surface area (Å²) in [4.78, 5) is 0.137. The van der Waals surface area contributed by atoms with Crippen LogP contribution in [0.15, 0.2) is 83.8 Å². The number of sulfonamides is 1. The highest BCUT2D eigenvalue weighted by Crippen LogP contribution is 2.26. The van der Waals surface area contributed by atoms with Crippen molar-refractivity contribution in [3.63, 3.8) is 0 Å². The summed E-state index contributed by atoms with van der Waals surface area (Å²) in [5, 5.41) is 0. The first-order chi connectivity index (χ1) is 14.3. The van der Waals surface area contributed by atoms with Gasteiger partial charge in [-0.15, -0.1) is 0 Å². The number of ether oxygens (including phenoxy) is 1. The van der Waals surface area contributed by atoms with E-state index in [1.54, 1.807) is 66.7 Å². The highest BCUT2D eigenvalue weighted by atomic mass is 32.2. The monoisotopic (exact) mass is 430 g/mol. The van der Waals surface area contributed by atoms with Crippen LogP contribution in [-0.2, 0) is 16.4 Å². The molecule has 0 aliphatic heterocycles. The molecule has 4 nitrogen and oxygen atoms in total. The molecule has 3 rings (SSSR count). The quantitative estimate of drug-likeness (QED) is 0.473. The number of para-hydroxylation sites is 1. The first-order valence-electron chi connectivity index (χ1n) is 9.48. The molecule has 157 valence electrons. The first kappa shape index (κ1) is 21.8. The van der Waals surface area contributed by atoms with Crippen LogP contribution in [-0.4, -0.2) is 20.9 Å². The van der Waals surface area contributed by atoms with E-state index >= 15 is 0 Å². The smallest absolute Gasteiger partial charge is 0.261 e. The van der Waals surface area contributed by atoms with Gasteiger partial charge in [0.05, 0.1) is 11.5 Å². The maximum Gasteiger partial charge on any atom is 0.261 e. The molecule has 0 heterocycles. The van der Waals surface area contributed by atoms with Crippen LogP contribution in [0.25, 0.3) is 0 Å².